The Hall–Kier alpha value is -4.15. The van der Waals surface area contributed by atoms with Crippen molar-refractivity contribution < 1.29 is 19.1 Å². The summed E-state index contributed by atoms with van der Waals surface area (Å²) in [7, 11) is 3.07. The highest BCUT2D eigenvalue weighted by Crippen LogP contribution is 2.37. The van der Waals surface area contributed by atoms with Crippen LogP contribution in [0.5, 0.6) is 0 Å². The van der Waals surface area contributed by atoms with Crippen LogP contribution in [-0.4, -0.2) is 54.0 Å². The van der Waals surface area contributed by atoms with Gasteiger partial charge in [0.15, 0.2) is 6.29 Å². The zero-order valence-electron chi connectivity index (χ0n) is 24.4. The van der Waals surface area contributed by atoms with E-state index < -0.39 is 6.29 Å². The molecule has 0 aliphatic carbocycles. The summed E-state index contributed by atoms with van der Waals surface area (Å²) in [4.78, 5) is 37.1. The molecule has 1 aliphatic heterocycles. The normalized spacial score (nSPS) is 13.3. The molecule has 0 unspecified atom stereocenters. The van der Waals surface area contributed by atoms with E-state index in [2.05, 4.69) is 25.5 Å². The summed E-state index contributed by atoms with van der Waals surface area (Å²) >= 11 is 6.83. The van der Waals surface area contributed by atoms with Crippen molar-refractivity contribution in [3.8, 4) is 11.1 Å². The fourth-order valence-electron chi connectivity index (χ4n) is 5.17. The maximum Gasteiger partial charge on any atom is 0.274 e. The lowest BCUT2D eigenvalue weighted by Gasteiger charge is -2.16. The molecule has 1 fully saturated rings. The van der Waals surface area contributed by atoms with Crippen molar-refractivity contribution in [2.45, 2.75) is 32.6 Å². The van der Waals surface area contributed by atoms with Gasteiger partial charge in [-0.3, -0.25) is 24.5 Å². The minimum Gasteiger partial charge on any atom is -0.352 e. The summed E-state index contributed by atoms with van der Waals surface area (Å²) in [6.07, 6.45) is 5.20. The number of benzene rings is 2. The molecule has 222 valence electrons. The Morgan fingerprint density at radius 1 is 0.837 bits per heavy atom. The summed E-state index contributed by atoms with van der Waals surface area (Å²) < 4.78 is 10.5. The molecule has 9 nitrogen and oxygen atoms in total. The fourth-order valence-corrected chi connectivity index (χ4v) is 5.45. The molecule has 0 atom stereocenters. The van der Waals surface area contributed by atoms with E-state index in [1.165, 1.54) is 27.1 Å². The molecule has 0 saturated carbocycles. The summed E-state index contributed by atoms with van der Waals surface area (Å²) in [5, 5.41) is 6.22. The van der Waals surface area contributed by atoms with E-state index in [0.717, 1.165) is 41.9 Å². The Morgan fingerprint density at radius 2 is 1.44 bits per heavy atom. The van der Waals surface area contributed by atoms with Crippen molar-refractivity contribution in [2.24, 2.45) is 0 Å². The van der Waals surface area contributed by atoms with Crippen molar-refractivity contribution in [3.05, 3.63) is 106 Å². The molecule has 10 heteroatoms. The van der Waals surface area contributed by atoms with Crippen LogP contribution in [0.25, 0.3) is 11.1 Å². The molecule has 4 aromatic rings. The summed E-state index contributed by atoms with van der Waals surface area (Å²) in [6, 6.07) is 18.1. The number of anilines is 2. The second-order valence-electron chi connectivity index (χ2n) is 10.4. The highest BCUT2D eigenvalue weighted by atomic mass is 35.5. The maximum absolute atomic E-state index is 13.0. The molecule has 0 bridgehead atoms. The topological polar surface area (TPSA) is 106 Å². The van der Waals surface area contributed by atoms with E-state index in [4.69, 9.17) is 21.1 Å². The van der Waals surface area contributed by atoms with E-state index in [0.29, 0.717) is 27.7 Å². The first-order chi connectivity index (χ1) is 20.9. The third-order valence-electron chi connectivity index (χ3n) is 7.50. The molecule has 2 N–H and O–H groups in total. The van der Waals surface area contributed by atoms with E-state index in [1.54, 1.807) is 36.7 Å². The summed E-state index contributed by atoms with van der Waals surface area (Å²) in [5.74, 6) is -0.699. The van der Waals surface area contributed by atoms with Crippen LogP contribution in [0.1, 0.15) is 56.8 Å². The van der Waals surface area contributed by atoms with Gasteiger partial charge in [-0.15, -0.1) is 0 Å². The Morgan fingerprint density at radius 3 is 2.05 bits per heavy atom. The van der Waals surface area contributed by atoms with Gasteiger partial charge < -0.3 is 20.1 Å². The van der Waals surface area contributed by atoms with Gasteiger partial charge in [-0.05, 0) is 73.8 Å². The third-order valence-corrected chi connectivity index (χ3v) is 7.91. The number of nitrogens with one attached hydrogen (secondary N) is 2. The van der Waals surface area contributed by atoms with Crippen LogP contribution < -0.4 is 10.6 Å². The van der Waals surface area contributed by atoms with Crippen molar-refractivity contribution in [3.63, 3.8) is 0 Å². The number of hydrogen-bond donors (Lipinski definition) is 2. The lowest BCUT2D eigenvalue weighted by atomic mass is 9.98. The van der Waals surface area contributed by atoms with Gasteiger partial charge in [0, 0.05) is 50.0 Å². The highest BCUT2D eigenvalue weighted by molar-refractivity contribution is 6.36. The van der Waals surface area contributed by atoms with Gasteiger partial charge >= 0.3 is 0 Å². The Kier molecular flexibility index (Phi) is 9.79. The summed E-state index contributed by atoms with van der Waals surface area (Å²) in [5.41, 5.74) is 5.77. The van der Waals surface area contributed by atoms with Gasteiger partial charge in [-0.2, -0.15) is 0 Å². The van der Waals surface area contributed by atoms with Crippen LogP contribution in [0, 0.1) is 6.92 Å². The van der Waals surface area contributed by atoms with E-state index in [-0.39, 0.29) is 17.5 Å². The monoisotopic (exact) mass is 599 g/mol. The van der Waals surface area contributed by atoms with Gasteiger partial charge in [0.05, 0.1) is 10.7 Å². The van der Waals surface area contributed by atoms with E-state index in [9.17, 15) is 9.59 Å². The SMILES string of the molecule is COC(OC)c1ccc(C(=O)Nc2cccc(-c3cccc(NC(=O)c4ccc(CN5CCCC5)cn4)c3Cl)c2C)nc1. The number of ether oxygens (including phenoxy) is 2. The Balaban J connectivity index is 1.30. The number of hydrogen-bond acceptors (Lipinski definition) is 7. The zero-order valence-corrected chi connectivity index (χ0v) is 25.1. The molecule has 43 heavy (non-hydrogen) atoms. The number of methoxy groups -OCH3 is 2. The maximum atomic E-state index is 13.0. The minimum absolute atomic E-state index is 0.250. The standard InChI is InChI=1S/C33H34ClN5O4/c1-21-24(8-6-10-26(21)37-31(40)29-15-13-23(19-36-29)33(42-2)43-3)25-9-7-11-27(30(25)34)38-32(41)28-14-12-22(18-35-28)20-39-16-4-5-17-39/h6-15,18-19,33H,4-5,16-17,20H2,1-3H3,(H,37,40)(H,38,41). The Labute approximate surface area is 256 Å². The molecule has 2 aromatic heterocycles. The largest absolute Gasteiger partial charge is 0.352 e. The van der Waals surface area contributed by atoms with Gasteiger partial charge in [-0.25, -0.2) is 0 Å². The first kappa shape index (κ1) is 30.3. The first-order valence-corrected chi connectivity index (χ1v) is 14.5. The quantitative estimate of drug-likeness (QED) is 0.201. The molecule has 2 amide bonds. The molecule has 0 radical (unpaired) electrons. The number of rotatable bonds is 10. The minimum atomic E-state index is -0.560. The number of aromatic nitrogens is 2. The molecule has 2 aromatic carbocycles. The lowest BCUT2D eigenvalue weighted by Crippen LogP contribution is -2.19. The molecular weight excluding hydrogens is 566 g/mol. The van der Waals surface area contributed by atoms with Gasteiger partial charge in [0.2, 0.25) is 0 Å². The van der Waals surface area contributed by atoms with Crippen molar-refractivity contribution in [1.29, 1.82) is 0 Å². The van der Waals surface area contributed by atoms with Crippen LogP contribution in [0.4, 0.5) is 11.4 Å². The van der Waals surface area contributed by atoms with Gasteiger partial charge in [0.1, 0.15) is 11.4 Å². The summed E-state index contributed by atoms with van der Waals surface area (Å²) in [6.45, 7) is 4.94. The van der Waals surface area contributed by atoms with E-state index >= 15 is 0 Å². The second-order valence-corrected chi connectivity index (χ2v) is 10.7. The lowest BCUT2D eigenvalue weighted by molar-refractivity contribution is -0.106. The zero-order chi connectivity index (χ0) is 30.3. The van der Waals surface area contributed by atoms with Gasteiger partial charge in [-0.1, -0.05) is 48.0 Å². The van der Waals surface area contributed by atoms with Gasteiger partial charge in [0.25, 0.3) is 11.8 Å². The van der Waals surface area contributed by atoms with Crippen LogP contribution in [-0.2, 0) is 16.0 Å². The average Bonchev–Trinajstić information content (AvgIpc) is 3.54. The van der Waals surface area contributed by atoms with Crippen LogP contribution >= 0.6 is 11.6 Å². The number of carbonyl (C=O) groups excluding carboxylic acids is 2. The highest BCUT2D eigenvalue weighted by Gasteiger charge is 2.18. The molecule has 1 saturated heterocycles. The number of halogens is 1. The number of pyridine rings is 2. The van der Waals surface area contributed by atoms with Crippen molar-refractivity contribution >= 4 is 34.8 Å². The molecule has 3 heterocycles. The fraction of sp³-hybridized carbons (Fsp3) is 0.273. The van der Waals surface area contributed by atoms with Crippen LogP contribution in [0.15, 0.2) is 73.1 Å². The number of likely N-dealkylation sites (tertiary alicyclic amines) is 1. The third kappa shape index (κ3) is 7.09. The number of amides is 2. The van der Waals surface area contributed by atoms with Crippen molar-refractivity contribution in [2.75, 3.05) is 37.9 Å². The number of carbonyl (C=O) groups is 2. The average molecular weight is 600 g/mol. The molecule has 0 spiro atoms. The van der Waals surface area contributed by atoms with Crippen molar-refractivity contribution in [1.82, 2.24) is 14.9 Å². The van der Waals surface area contributed by atoms with Crippen LogP contribution in [0.3, 0.4) is 0 Å². The Bertz CT molecular complexity index is 1580. The first-order valence-electron chi connectivity index (χ1n) is 14.1. The predicted octanol–water partition coefficient (Wildman–Crippen LogP) is 6.50. The predicted molar refractivity (Wildman–Crippen MR) is 167 cm³/mol. The molecular formula is C33H34ClN5O4. The smallest absolute Gasteiger partial charge is 0.274 e. The molecule has 1 aliphatic rings. The second kappa shape index (κ2) is 13.9. The number of nitrogens with zero attached hydrogens (tertiary/aromatic N) is 3. The van der Waals surface area contributed by atoms with E-state index in [1.807, 2.05) is 43.3 Å². The molecule has 5 rings (SSSR count). The van der Waals surface area contributed by atoms with Crippen LogP contribution in [0.2, 0.25) is 5.02 Å².